The van der Waals surface area contributed by atoms with Crippen molar-refractivity contribution in [1.82, 2.24) is 9.55 Å². The maximum absolute atomic E-state index is 5.86. The molecule has 3 aliphatic rings. The first-order valence-corrected chi connectivity index (χ1v) is 6.86. The van der Waals surface area contributed by atoms with Gasteiger partial charge in [0, 0.05) is 17.8 Å². The van der Waals surface area contributed by atoms with Gasteiger partial charge in [0.2, 0.25) is 5.52 Å². The lowest BCUT2D eigenvalue weighted by atomic mass is 9.80. The van der Waals surface area contributed by atoms with Gasteiger partial charge in [0.15, 0.2) is 5.69 Å². The van der Waals surface area contributed by atoms with E-state index in [4.69, 9.17) is 4.74 Å². The molecule has 0 fully saturated rings. The number of nitrogens with zero attached hydrogens (tertiary/aromatic N) is 3. The van der Waals surface area contributed by atoms with Crippen LogP contribution in [0.1, 0.15) is 12.6 Å². The van der Waals surface area contributed by atoms with Gasteiger partial charge in [-0.3, -0.25) is 0 Å². The molecule has 2 atom stereocenters. The normalized spacial score (nSPS) is 25.8. The van der Waals surface area contributed by atoms with Crippen LogP contribution in [0, 0.1) is 5.92 Å². The van der Waals surface area contributed by atoms with Crippen molar-refractivity contribution in [3.8, 4) is 0 Å². The molecule has 0 amide bonds. The molecule has 0 N–H and O–H groups in total. The average Bonchev–Trinajstić information content (AvgIpc) is 3.04. The summed E-state index contributed by atoms with van der Waals surface area (Å²) in [6, 6.07) is 2.08. The molecule has 2 unspecified atom stereocenters. The van der Waals surface area contributed by atoms with Crippen LogP contribution in [-0.2, 0) is 11.8 Å². The van der Waals surface area contributed by atoms with Gasteiger partial charge >= 0.3 is 0 Å². The predicted octanol–water partition coefficient (Wildman–Crippen LogP) is 2.03. The second-order valence-corrected chi connectivity index (χ2v) is 5.70. The number of ether oxygens (including phenoxy) is 1. The largest absolute Gasteiger partial charge is 0.491 e. The smallest absolute Gasteiger partial charge is 0.287 e. The van der Waals surface area contributed by atoms with Gasteiger partial charge in [0.1, 0.15) is 17.9 Å². The van der Waals surface area contributed by atoms with E-state index in [9.17, 15) is 0 Å². The third kappa shape index (κ3) is 1.01. The van der Waals surface area contributed by atoms with E-state index >= 15 is 0 Å². The van der Waals surface area contributed by atoms with E-state index in [-0.39, 0.29) is 6.10 Å². The Morgan fingerprint density at radius 3 is 3.20 bits per heavy atom. The van der Waals surface area contributed by atoms with E-state index in [2.05, 4.69) is 52.5 Å². The molecule has 1 aliphatic carbocycles. The summed E-state index contributed by atoms with van der Waals surface area (Å²) in [5, 5.41) is 0. The lowest BCUT2D eigenvalue weighted by molar-refractivity contribution is -0.675. The van der Waals surface area contributed by atoms with Gasteiger partial charge in [-0.05, 0) is 23.6 Å². The van der Waals surface area contributed by atoms with Crippen molar-refractivity contribution in [2.45, 2.75) is 13.0 Å². The lowest BCUT2D eigenvalue weighted by Gasteiger charge is -2.30. The maximum atomic E-state index is 5.86. The first-order valence-electron chi connectivity index (χ1n) is 6.86. The van der Waals surface area contributed by atoms with Gasteiger partial charge < -0.3 is 9.30 Å². The highest BCUT2D eigenvalue weighted by molar-refractivity contribution is 5.97. The third-order valence-electron chi connectivity index (χ3n) is 4.61. The zero-order valence-corrected chi connectivity index (χ0v) is 11.4. The number of allylic oxidation sites excluding steroid dienone is 2. The van der Waals surface area contributed by atoms with Crippen LogP contribution in [0.15, 0.2) is 42.6 Å². The Kier molecular flexibility index (Phi) is 1.67. The van der Waals surface area contributed by atoms with Crippen molar-refractivity contribution in [2.24, 2.45) is 13.0 Å². The number of aromatic nitrogens is 3. The van der Waals surface area contributed by atoms with E-state index in [1.807, 2.05) is 12.6 Å². The summed E-state index contributed by atoms with van der Waals surface area (Å²) in [7, 11) is 2.07. The number of fused-ring (bicyclic) bond motifs is 2. The quantitative estimate of drug-likeness (QED) is 0.682. The minimum absolute atomic E-state index is 0.127. The number of rotatable bonds is 0. The molecule has 0 saturated carbocycles. The molecule has 4 heterocycles. The van der Waals surface area contributed by atoms with Crippen molar-refractivity contribution >= 4 is 22.3 Å². The van der Waals surface area contributed by atoms with Gasteiger partial charge in [-0.25, -0.2) is 4.57 Å². The van der Waals surface area contributed by atoms with Gasteiger partial charge in [0.25, 0.3) is 6.33 Å². The zero-order valence-electron chi connectivity index (χ0n) is 11.4. The molecule has 2 aromatic heterocycles. The van der Waals surface area contributed by atoms with Crippen molar-refractivity contribution in [3.63, 3.8) is 0 Å². The van der Waals surface area contributed by atoms with Crippen LogP contribution >= 0.6 is 0 Å². The fourth-order valence-electron chi connectivity index (χ4n) is 3.72. The molecule has 5 rings (SSSR count). The Hall–Kier alpha value is -2.36. The molecule has 98 valence electrons. The molecule has 0 aromatic carbocycles. The van der Waals surface area contributed by atoms with Gasteiger partial charge in [-0.15, -0.1) is 0 Å². The average molecular weight is 264 g/mol. The number of hydrogen-bond acceptors (Lipinski definition) is 2. The van der Waals surface area contributed by atoms with Crippen LogP contribution in [-0.4, -0.2) is 15.7 Å². The second-order valence-electron chi connectivity index (χ2n) is 5.70. The molecule has 4 heteroatoms. The first kappa shape index (κ1) is 10.4. The highest BCUT2D eigenvalue weighted by Crippen LogP contribution is 2.49. The number of aryl methyl sites for hydroxylation is 1. The van der Waals surface area contributed by atoms with Crippen LogP contribution in [0.4, 0.5) is 0 Å². The molecule has 0 spiro atoms. The Morgan fingerprint density at radius 1 is 1.40 bits per heavy atom. The highest BCUT2D eigenvalue weighted by Gasteiger charge is 2.44. The Morgan fingerprint density at radius 2 is 2.30 bits per heavy atom. The van der Waals surface area contributed by atoms with E-state index in [0.29, 0.717) is 5.92 Å². The molecule has 2 aromatic rings. The Bertz CT molecular complexity index is 869. The minimum Gasteiger partial charge on any atom is -0.491 e. The van der Waals surface area contributed by atoms with Crippen LogP contribution in [0.3, 0.4) is 0 Å². The van der Waals surface area contributed by atoms with Gasteiger partial charge in [0.05, 0.1) is 18.7 Å². The summed E-state index contributed by atoms with van der Waals surface area (Å²) >= 11 is 0. The predicted molar refractivity (Wildman–Crippen MR) is 75.3 cm³/mol. The van der Waals surface area contributed by atoms with Crippen LogP contribution in [0.2, 0.25) is 0 Å². The maximum Gasteiger partial charge on any atom is 0.287 e. The van der Waals surface area contributed by atoms with Crippen LogP contribution < -0.4 is 4.57 Å². The lowest BCUT2D eigenvalue weighted by Crippen LogP contribution is -2.39. The summed E-state index contributed by atoms with van der Waals surface area (Å²) in [4.78, 5) is 4.52. The SMILES string of the molecule is CC1=C2c3c4c(ccn4C4=COC(C=C1)C42)nc[n+]3C. The van der Waals surface area contributed by atoms with Crippen LogP contribution in [0.25, 0.3) is 22.3 Å². The molecular formula is C16H14N3O+. The molecule has 4 nitrogen and oxygen atoms in total. The third-order valence-corrected chi connectivity index (χ3v) is 4.61. The van der Waals surface area contributed by atoms with E-state index in [1.165, 1.54) is 28.1 Å². The van der Waals surface area contributed by atoms with E-state index in [0.717, 1.165) is 5.52 Å². The topological polar surface area (TPSA) is 30.9 Å². The summed E-state index contributed by atoms with van der Waals surface area (Å²) in [5.74, 6) is 0.302. The fraction of sp³-hybridized carbons (Fsp3) is 0.250. The molecular weight excluding hydrogens is 250 g/mol. The van der Waals surface area contributed by atoms with E-state index in [1.54, 1.807) is 0 Å². The van der Waals surface area contributed by atoms with Crippen molar-refractivity contribution in [1.29, 1.82) is 0 Å². The molecule has 0 saturated heterocycles. The summed E-state index contributed by atoms with van der Waals surface area (Å²) < 4.78 is 10.2. The fourth-order valence-corrected chi connectivity index (χ4v) is 3.72. The van der Waals surface area contributed by atoms with Crippen molar-refractivity contribution in [3.05, 3.63) is 48.3 Å². The van der Waals surface area contributed by atoms with Crippen molar-refractivity contribution < 1.29 is 9.30 Å². The molecule has 20 heavy (non-hydrogen) atoms. The zero-order chi connectivity index (χ0) is 13.4. The summed E-state index contributed by atoms with van der Waals surface area (Å²) in [5.41, 5.74) is 7.41. The Balaban J connectivity index is 2.03. The Labute approximate surface area is 116 Å². The van der Waals surface area contributed by atoms with E-state index < -0.39 is 0 Å². The number of hydrogen-bond donors (Lipinski definition) is 0. The monoisotopic (exact) mass is 264 g/mol. The summed E-state index contributed by atoms with van der Waals surface area (Å²) in [6.45, 7) is 2.18. The van der Waals surface area contributed by atoms with Gasteiger partial charge in [-0.1, -0.05) is 6.08 Å². The molecule has 2 aliphatic heterocycles. The standard InChI is InChI=1S/C16H14N3O/c1-9-3-4-12-14-11(7-20-12)19-6-5-10-15(19)16(13(9)14)18(2)8-17-10/h3-8,12,14H,1-2H3/q+1. The second kappa shape index (κ2) is 3.20. The molecule has 0 radical (unpaired) electrons. The van der Waals surface area contributed by atoms with Gasteiger partial charge in [-0.2, -0.15) is 0 Å². The van der Waals surface area contributed by atoms with Crippen molar-refractivity contribution in [2.75, 3.05) is 0 Å². The van der Waals surface area contributed by atoms with Crippen LogP contribution in [0.5, 0.6) is 0 Å². The highest BCUT2D eigenvalue weighted by atomic mass is 16.5. The minimum atomic E-state index is 0.127. The first-order chi connectivity index (χ1) is 9.75. The molecule has 0 bridgehead atoms. The summed E-state index contributed by atoms with van der Waals surface area (Å²) in [6.07, 6.45) is 10.4.